The highest BCUT2D eigenvalue weighted by molar-refractivity contribution is 5.97. The van der Waals surface area contributed by atoms with E-state index in [1.165, 1.54) is 5.69 Å². The molecule has 3 aromatic rings. The van der Waals surface area contributed by atoms with Crippen LogP contribution in [-0.4, -0.2) is 46.2 Å². The number of nitrogens with zero attached hydrogens (tertiary/aromatic N) is 3. The number of rotatable bonds is 9. The molecule has 1 heterocycles. The third-order valence-electron chi connectivity index (χ3n) is 7.16. The van der Waals surface area contributed by atoms with Crippen molar-refractivity contribution in [3.8, 4) is 0 Å². The highest BCUT2D eigenvalue weighted by Gasteiger charge is 2.50. The van der Waals surface area contributed by atoms with E-state index in [4.69, 9.17) is 4.74 Å². The summed E-state index contributed by atoms with van der Waals surface area (Å²) < 4.78 is 6.43. The second-order valence-electron chi connectivity index (χ2n) is 9.10. The van der Waals surface area contributed by atoms with Gasteiger partial charge in [-0.25, -0.2) is 4.79 Å². The van der Waals surface area contributed by atoms with Gasteiger partial charge in [0.1, 0.15) is 0 Å². The standard InChI is InChI=1S/C30H37N3O2/c1-7-32(8-2)24-19-20-27(28(21-24)33(9-3)10-4)30(22-15-17-23(18-16-22)31(5)6)26-14-12-11-13-25(26)29(34)35-30/h11-21H,7-10H2,1-6H3. The maximum atomic E-state index is 13.2. The zero-order chi connectivity index (χ0) is 25.2. The van der Waals surface area contributed by atoms with Gasteiger partial charge in [-0.05, 0) is 58.0 Å². The quantitative estimate of drug-likeness (QED) is 0.363. The largest absolute Gasteiger partial charge is 0.440 e. The van der Waals surface area contributed by atoms with Crippen LogP contribution >= 0.6 is 0 Å². The van der Waals surface area contributed by atoms with Gasteiger partial charge in [0.2, 0.25) is 0 Å². The Morgan fingerprint density at radius 2 is 1.31 bits per heavy atom. The minimum Gasteiger partial charge on any atom is -0.440 e. The molecule has 0 aromatic heterocycles. The van der Waals surface area contributed by atoms with Gasteiger partial charge < -0.3 is 19.4 Å². The van der Waals surface area contributed by atoms with E-state index in [1.54, 1.807) is 0 Å². The van der Waals surface area contributed by atoms with Crippen molar-refractivity contribution in [2.75, 3.05) is 55.0 Å². The number of esters is 1. The lowest BCUT2D eigenvalue weighted by molar-refractivity contribution is 0.0253. The van der Waals surface area contributed by atoms with Crippen molar-refractivity contribution < 1.29 is 9.53 Å². The summed E-state index contributed by atoms with van der Waals surface area (Å²) in [6.07, 6.45) is 0. The Hall–Kier alpha value is -3.47. The van der Waals surface area contributed by atoms with Crippen LogP contribution < -0.4 is 14.7 Å². The first-order chi connectivity index (χ1) is 16.9. The average molecular weight is 472 g/mol. The van der Waals surface area contributed by atoms with Crippen LogP contribution in [-0.2, 0) is 10.3 Å². The third-order valence-corrected chi connectivity index (χ3v) is 7.16. The number of carbonyl (C=O) groups excluding carboxylic acids is 1. The molecule has 1 unspecified atom stereocenters. The first kappa shape index (κ1) is 24.6. The van der Waals surface area contributed by atoms with Crippen LogP contribution in [0.15, 0.2) is 66.7 Å². The van der Waals surface area contributed by atoms with Gasteiger partial charge in [0.15, 0.2) is 5.60 Å². The summed E-state index contributed by atoms with van der Waals surface area (Å²) in [6, 6.07) is 22.8. The Labute approximate surface area is 209 Å². The van der Waals surface area contributed by atoms with E-state index in [0.29, 0.717) is 5.56 Å². The maximum absolute atomic E-state index is 13.2. The van der Waals surface area contributed by atoms with Crippen LogP contribution in [0.2, 0.25) is 0 Å². The molecule has 5 heteroatoms. The number of cyclic esters (lactones) is 1. The number of fused-ring (bicyclic) bond motifs is 1. The van der Waals surface area contributed by atoms with Gasteiger partial charge >= 0.3 is 5.97 Å². The Morgan fingerprint density at radius 3 is 1.91 bits per heavy atom. The average Bonchev–Trinajstić information content (AvgIpc) is 3.19. The summed E-state index contributed by atoms with van der Waals surface area (Å²) in [6.45, 7) is 12.3. The molecule has 0 bridgehead atoms. The summed E-state index contributed by atoms with van der Waals surface area (Å²) in [4.78, 5) is 20.0. The van der Waals surface area contributed by atoms with Crippen molar-refractivity contribution in [2.45, 2.75) is 33.3 Å². The van der Waals surface area contributed by atoms with E-state index < -0.39 is 5.60 Å². The normalized spacial score (nSPS) is 16.6. The summed E-state index contributed by atoms with van der Waals surface area (Å²) in [5.41, 5.74) is 5.82. The molecule has 0 saturated carbocycles. The van der Waals surface area contributed by atoms with Crippen molar-refractivity contribution >= 4 is 23.0 Å². The summed E-state index contributed by atoms with van der Waals surface area (Å²) >= 11 is 0. The van der Waals surface area contributed by atoms with Crippen molar-refractivity contribution in [1.29, 1.82) is 0 Å². The Kier molecular flexibility index (Phi) is 7.06. The first-order valence-corrected chi connectivity index (χ1v) is 12.7. The monoisotopic (exact) mass is 471 g/mol. The lowest BCUT2D eigenvalue weighted by atomic mass is 9.78. The van der Waals surface area contributed by atoms with Crippen LogP contribution in [0.5, 0.6) is 0 Å². The van der Waals surface area contributed by atoms with Crippen molar-refractivity contribution in [3.63, 3.8) is 0 Å². The number of carbonyl (C=O) groups is 1. The second-order valence-corrected chi connectivity index (χ2v) is 9.10. The lowest BCUT2D eigenvalue weighted by Crippen LogP contribution is -2.34. The Morgan fingerprint density at radius 1 is 0.714 bits per heavy atom. The summed E-state index contributed by atoms with van der Waals surface area (Å²) in [7, 11) is 4.06. The molecule has 1 aliphatic heterocycles. The highest BCUT2D eigenvalue weighted by Crippen LogP contribution is 2.50. The van der Waals surface area contributed by atoms with Crippen LogP contribution in [0, 0.1) is 0 Å². The van der Waals surface area contributed by atoms with E-state index in [2.05, 4.69) is 84.9 Å². The molecule has 1 aliphatic rings. The van der Waals surface area contributed by atoms with Crippen molar-refractivity contribution in [2.24, 2.45) is 0 Å². The van der Waals surface area contributed by atoms with E-state index in [0.717, 1.165) is 54.2 Å². The predicted molar refractivity (Wildman–Crippen MR) is 146 cm³/mol. The van der Waals surface area contributed by atoms with Gasteiger partial charge in [-0.1, -0.05) is 36.4 Å². The molecule has 3 aromatic carbocycles. The third kappa shape index (κ3) is 4.13. The summed E-state index contributed by atoms with van der Waals surface area (Å²) in [5, 5.41) is 0. The molecule has 0 saturated heterocycles. The van der Waals surface area contributed by atoms with E-state index in [1.807, 2.05) is 38.4 Å². The Bertz CT molecular complexity index is 1180. The summed E-state index contributed by atoms with van der Waals surface area (Å²) in [5.74, 6) is -0.282. The molecule has 184 valence electrons. The highest BCUT2D eigenvalue weighted by atomic mass is 16.6. The second kappa shape index (κ2) is 10.0. The number of hydrogen-bond donors (Lipinski definition) is 0. The molecule has 0 radical (unpaired) electrons. The number of anilines is 3. The SMILES string of the molecule is CCN(CC)c1ccc(C2(c3ccc(N(C)C)cc3)OC(=O)c3ccccc32)c(N(CC)CC)c1. The molecule has 1 atom stereocenters. The van der Waals surface area contributed by atoms with Gasteiger partial charge in [-0.2, -0.15) is 0 Å². The fourth-order valence-electron chi connectivity index (χ4n) is 5.21. The molecule has 0 spiro atoms. The van der Waals surface area contributed by atoms with Crippen molar-refractivity contribution in [3.05, 3.63) is 89.0 Å². The van der Waals surface area contributed by atoms with Crippen LogP contribution in [0.25, 0.3) is 0 Å². The molecule has 0 N–H and O–H groups in total. The van der Waals surface area contributed by atoms with Gasteiger partial charge in [-0.15, -0.1) is 0 Å². The fraction of sp³-hybridized carbons (Fsp3) is 0.367. The molecule has 5 nitrogen and oxygen atoms in total. The number of hydrogen-bond acceptors (Lipinski definition) is 5. The molecule has 0 aliphatic carbocycles. The van der Waals surface area contributed by atoms with Gasteiger partial charge in [-0.3, -0.25) is 0 Å². The minimum absolute atomic E-state index is 0.282. The molecular weight excluding hydrogens is 434 g/mol. The number of ether oxygens (including phenoxy) is 1. The zero-order valence-electron chi connectivity index (χ0n) is 21.8. The van der Waals surface area contributed by atoms with E-state index in [-0.39, 0.29) is 5.97 Å². The maximum Gasteiger partial charge on any atom is 0.340 e. The van der Waals surface area contributed by atoms with Crippen molar-refractivity contribution in [1.82, 2.24) is 0 Å². The topological polar surface area (TPSA) is 36.0 Å². The smallest absolute Gasteiger partial charge is 0.340 e. The van der Waals surface area contributed by atoms with Gasteiger partial charge in [0, 0.05) is 74.0 Å². The molecular formula is C30H37N3O2. The van der Waals surface area contributed by atoms with Crippen LogP contribution in [0.3, 0.4) is 0 Å². The van der Waals surface area contributed by atoms with Gasteiger partial charge in [0.25, 0.3) is 0 Å². The molecule has 0 fully saturated rings. The predicted octanol–water partition coefficient (Wildman–Crippen LogP) is 5.91. The van der Waals surface area contributed by atoms with Gasteiger partial charge in [0.05, 0.1) is 5.56 Å². The fourth-order valence-corrected chi connectivity index (χ4v) is 5.21. The number of benzene rings is 3. The van der Waals surface area contributed by atoms with Crippen LogP contribution in [0.1, 0.15) is 54.7 Å². The molecule has 4 rings (SSSR count). The Balaban J connectivity index is 2.03. The van der Waals surface area contributed by atoms with E-state index in [9.17, 15) is 4.79 Å². The van der Waals surface area contributed by atoms with E-state index >= 15 is 0 Å². The van der Waals surface area contributed by atoms with Crippen LogP contribution in [0.4, 0.5) is 17.1 Å². The first-order valence-electron chi connectivity index (χ1n) is 12.7. The molecule has 35 heavy (non-hydrogen) atoms. The minimum atomic E-state index is -1.02. The lowest BCUT2D eigenvalue weighted by Gasteiger charge is -2.36. The molecule has 0 amide bonds. The zero-order valence-corrected chi connectivity index (χ0v) is 21.8.